The molecule has 1 aromatic heterocycles. The van der Waals surface area contributed by atoms with Crippen LogP contribution in [0.5, 0.6) is 0 Å². The van der Waals surface area contributed by atoms with Gasteiger partial charge in [-0.3, -0.25) is 4.98 Å². The summed E-state index contributed by atoms with van der Waals surface area (Å²) in [7, 11) is 0. The number of fused-ring (bicyclic) bond motifs is 1. The van der Waals surface area contributed by atoms with Crippen molar-refractivity contribution in [2.75, 3.05) is 0 Å². The van der Waals surface area contributed by atoms with Crippen LogP contribution in [0.2, 0.25) is 0 Å². The lowest BCUT2D eigenvalue weighted by molar-refractivity contribution is 0.555. The normalized spacial score (nSPS) is 12.8. The summed E-state index contributed by atoms with van der Waals surface area (Å²) < 4.78 is 6.95. The zero-order chi connectivity index (χ0) is 14.3. The Hall–Kier alpha value is -1.37. The predicted molar refractivity (Wildman–Crippen MR) is 84.7 cm³/mol. The lowest BCUT2D eigenvalue weighted by Gasteiger charge is -2.14. The molecule has 3 aromatic rings. The standard InChI is InChI=1S/C14H10Br2N2O2/c15-8-2-3-10(16)9(6-8)13(17)7-1-4-11-12(5-7)20-14(19)18-11/h1-6,13H,17H2,(H,18,19). The molecule has 20 heavy (non-hydrogen) atoms. The van der Waals surface area contributed by atoms with Gasteiger partial charge >= 0.3 is 5.76 Å². The summed E-state index contributed by atoms with van der Waals surface area (Å²) in [5.74, 6) is -0.464. The Balaban J connectivity index is 2.09. The van der Waals surface area contributed by atoms with Crippen molar-refractivity contribution < 1.29 is 4.42 Å². The third-order valence-corrected chi connectivity index (χ3v) is 4.31. The molecule has 0 fully saturated rings. The number of aromatic amines is 1. The van der Waals surface area contributed by atoms with E-state index in [0.717, 1.165) is 20.1 Å². The Labute approximate surface area is 131 Å². The van der Waals surface area contributed by atoms with Crippen LogP contribution in [0.25, 0.3) is 11.1 Å². The fourth-order valence-corrected chi connectivity index (χ4v) is 2.96. The van der Waals surface area contributed by atoms with Gasteiger partial charge in [0.2, 0.25) is 0 Å². The zero-order valence-corrected chi connectivity index (χ0v) is 13.4. The van der Waals surface area contributed by atoms with E-state index in [-0.39, 0.29) is 6.04 Å². The van der Waals surface area contributed by atoms with Gasteiger partial charge in [-0.2, -0.15) is 0 Å². The van der Waals surface area contributed by atoms with Gasteiger partial charge in [0, 0.05) is 8.95 Å². The number of rotatable bonds is 2. The molecule has 6 heteroatoms. The predicted octanol–water partition coefficient (Wildman–Crippen LogP) is 3.69. The van der Waals surface area contributed by atoms with Gasteiger partial charge in [0.05, 0.1) is 11.6 Å². The summed E-state index contributed by atoms with van der Waals surface area (Å²) in [6.07, 6.45) is 0. The second-order valence-electron chi connectivity index (χ2n) is 4.41. The molecule has 0 saturated carbocycles. The number of halogens is 2. The minimum atomic E-state index is -0.464. The highest BCUT2D eigenvalue weighted by atomic mass is 79.9. The monoisotopic (exact) mass is 396 g/mol. The molecule has 3 rings (SSSR count). The van der Waals surface area contributed by atoms with Crippen LogP contribution in [-0.2, 0) is 0 Å². The molecule has 3 N–H and O–H groups in total. The molecule has 0 amide bonds. The molecule has 0 radical (unpaired) electrons. The molecule has 4 nitrogen and oxygen atoms in total. The van der Waals surface area contributed by atoms with Crippen molar-refractivity contribution in [3.8, 4) is 0 Å². The fraction of sp³-hybridized carbons (Fsp3) is 0.0714. The fourth-order valence-electron chi connectivity index (χ4n) is 2.09. The van der Waals surface area contributed by atoms with E-state index < -0.39 is 5.76 Å². The number of hydrogen-bond donors (Lipinski definition) is 2. The summed E-state index contributed by atoms with van der Waals surface area (Å²) in [5.41, 5.74) is 9.31. The Bertz CT molecular complexity index is 839. The average molecular weight is 398 g/mol. The highest BCUT2D eigenvalue weighted by molar-refractivity contribution is 9.11. The van der Waals surface area contributed by atoms with Gasteiger partial charge in [-0.05, 0) is 41.5 Å². The minimum absolute atomic E-state index is 0.313. The second-order valence-corrected chi connectivity index (χ2v) is 6.18. The van der Waals surface area contributed by atoms with E-state index >= 15 is 0 Å². The van der Waals surface area contributed by atoms with E-state index in [0.29, 0.717) is 11.1 Å². The van der Waals surface area contributed by atoms with Gasteiger partial charge in [-0.1, -0.05) is 37.9 Å². The third-order valence-electron chi connectivity index (χ3n) is 3.10. The van der Waals surface area contributed by atoms with Gasteiger partial charge in [0.15, 0.2) is 5.58 Å². The van der Waals surface area contributed by atoms with E-state index in [1.54, 1.807) is 12.1 Å². The van der Waals surface area contributed by atoms with Gasteiger partial charge < -0.3 is 10.2 Å². The van der Waals surface area contributed by atoms with Gasteiger partial charge in [0.1, 0.15) is 0 Å². The second kappa shape index (κ2) is 5.20. The highest BCUT2D eigenvalue weighted by Gasteiger charge is 2.14. The molecule has 0 aliphatic rings. The first-order valence-corrected chi connectivity index (χ1v) is 7.46. The lowest BCUT2D eigenvalue weighted by Crippen LogP contribution is -2.12. The molecule has 0 aliphatic heterocycles. The average Bonchev–Trinajstić information content (AvgIpc) is 2.79. The molecule has 0 bridgehead atoms. The van der Waals surface area contributed by atoms with Crippen molar-refractivity contribution in [3.05, 3.63) is 67.0 Å². The van der Waals surface area contributed by atoms with E-state index in [1.807, 2.05) is 24.3 Å². The molecule has 1 heterocycles. The number of hydrogen-bond acceptors (Lipinski definition) is 3. The number of nitrogens with one attached hydrogen (secondary N) is 1. The molecule has 0 aliphatic carbocycles. The molecule has 0 saturated heterocycles. The molecule has 1 atom stereocenters. The van der Waals surface area contributed by atoms with Crippen LogP contribution in [0, 0.1) is 0 Å². The molecular formula is C14H10Br2N2O2. The largest absolute Gasteiger partial charge is 0.417 e. The van der Waals surface area contributed by atoms with Crippen LogP contribution in [0.4, 0.5) is 0 Å². The summed E-state index contributed by atoms with van der Waals surface area (Å²) in [6, 6.07) is 11.0. The van der Waals surface area contributed by atoms with Crippen molar-refractivity contribution in [2.45, 2.75) is 6.04 Å². The summed E-state index contributed by atoms with van der Waals surface area (Å²) in [5, 5.41) is 0. The summed E-state index contributed by atoms with van der Waals surface area (Å²) in [6.45, 7) is 0. The van der Waals surface area contributed by atoms with Crippen molar-refractivity contribution in [2.24, 2.45) is 5.73 Å². The van der Waals surface area contributed by atoms with Crippen LogP contribution in [0.15, 0.2) is 54.6 Å². The first-order chi connectivity index (χ1) is 9.54. The Morgan fingerprint density at radius 2 is 1.95 bits per heavy atom. The minimum Gasteiger partial charge on any atom is -0.408 e. The highest BCUT2D eigenvalue weighted by Crippen LogP contribution is 2.30. The first kappa shape index (κ1) is 13.6. The summed E-state index contributed by atoms with van der Waals surface area (Å²) >= 11 is 6.94. The smallest absolute Gasteiger partial charge is 0.408 e. The number of benzene rings is 2. The quantitative estimate of drug-likeness (QED) is 0.692. The SMILES string of the molecule is NC(c1ccc2[nH]c(=O)oc2c1)c1cc(Br)ccc1Br. The van der Waals surface area contributed by atoms with E-state index in [1.165, 1.54) is 0 Å². The van der Waals surface area contributed by atoms with Crippen LogP contribution in [-0.4, -0.2) is 4.98 Å². The molecular weight excluding hydrogens is 388 g/mol. The lowest BCUT2D eigenvalue weighted by atomic mass is 9.99. The molecule has 2 aromatic carbocycles. The maximum absolute atomic E-state index is 11.2. The third kappa shape index (κ3) is 2.46. The zero-order valence-electron chi connectivity index (χ0n) is 10.2. The van der Waals surface area contributed by atoms with Gasteiger partial charge in [-0.25, -0.2) is 4.79 Å². The van der Waals surface area contributed by atoms with Crippen molar-refractivity contribution in [1.29, 1.82) is 0 Å². The van der Waals surface area contributed by atoms with Gasteiger partial charge in [0.25, 0.3) is 0 Å². The number of aromatic nitrogens is 1. The van der Waals surface area contributed by atoms with Crippen molar-refractivity contribution in [3.63, 3.8) is 0 Å². The van der Waals surface area contributed by atoms with Crippen LogP contribution < -0.4 is 11.5 Å². The molecule has 0 spiro atoms. The van der Waals surface area contributed by atoms with Crippen LogP contribution in [0.3, 0.4) is 0 Å². The Kier molecular flexibility index (Phi) is 3.54. The molecule has 102 valence electrons. The van der Waals surface area contributed by atoms with Crippen LogP contribution in [0.1, 0.15) is 17.2 Å². The number of oxazole rings is 1. The van der Waals surface area contributed by atoms with Crippen molar-refractivity contribution >= 4 is 43.0 Å². The Morgan fingerprint density at radius 3 is 2.75 bits per heavy atom. The molecule has 1 unspecified atom stereocenters. The number of nitrogens with two attached hydrogens (primary N) is 1. The van der Waals surface area contributed by atoms with E-state index in [4.69, 9.17) is 10.2 Å². The maximum atomic E-state index is 11.2. The topological polar surface area (TPSA) is 72.0 Å². The summed E-state index contributed by atoms with van der Waals surface area (Å²) in [4.78, 5) is 13.8. The van der Waals surface area contributed by atoms with Gasteiger partial charge in [-0.15, -0.1) is 0 Å². The van der Waals surface area contributed by atoms with Crippen molar-refractivity contribution in [1.82, 2.24) is 4.98 Å². The Morgan fingerprint density at radius 1 is 1.15 bits per heavy atom. The number of H-pyrrole nitrogens is 1. The maximum Gasteiger partial charge on any atom is 0.417 e. The van der Waals surface area contributed by atoms with Crippen LogP contribution >= 0.6 is 31.9 Å². The van der Waals surface area contributed by atoms with E-state index in [9.17, 15) is 4.79 Å². The first-order valence-electron chi connectivity index (χ1n) is 5.88. The van der Waals surface area contributed by atoms with E-state index in [2.05, 4.69) is 36.8 Å².